The number of thiocarbonyl (C=S) groups is 1. The van der Waals surface area contributed by atoms with Crippen LogP contribution in [0.5, 0.6) is 0 Å². The molecule has 0 aliphatic carbocycles. The van der Waals surface area contributed by atoms with Crippen LogP contribution in [0.15, 0.2) is 83.3 Å². The van der Waals surface area contributed by atoms with Crippen molar-refractivity contribution < 1.29 is 18.9 Å². The number of rotatable bonds is 6. The summed E-state index contributed by atoms with van der Waals surface area (Å²) in [5.74, 6) is -0.654. The zero-order valence-corrected chi connectivity index (χ0v) is 19.8. The standard InChI is InChI=1S/C26H20N4O5S/c1-16-13-19(10-11-21(16)28-25(32)23-15-18-6-2-3-8-22(18)35-23)27-26(36)29-24(31)12-9-17-5-4-7-20(14-17)30(33)34/h2-15H,1H3,(H,28,32)(H2,27,29,31,36)/b12-9+. The lowest BCUT2D eigenvalue weighted by Crippen LogP contribution is -2.32. The molecule has 4 aromatic rings. The number of benzene rings is 3. The monoisotopic (exact) mass is 500 g/mol. The number of aryl methyl sites for hydroxylation is 1. The van der Waals surface area contributed by atoms with E-state index in [1.54, 1.807) is 36.4 Å². The van der Waals surface area contributed by atoms with Crippen LogP contribution in [0.2, 0.25) is 0 Å². The quantitative estimate of drug-likeness (QED) is 0.139. The van der Waals surface area contributed by atoms with Gasteiger partial charge >= 0.3 is 0 Å². The minimum atomic E-state index is -0.506. The van der Waals surface area contributed by atoms with Gasteiger partial charge in [0.2, 0.25) is 5.91 Å². The van der Waals surface area contributed by atoms with Crippen molar-refractivity contribution in [2.75, 3.05) is 10.6 Å². The smallest absolute Gasteiger partial charge is 0.291 e. The van der Waals surface area contributed by atoms with Gasteiger partial charge in [-0.25, -0.2) is 0 Å². The van der Waals surface area contributed by atoms with E-state index in [1.165, 1.54) is 30.4 Å². The van der Waals surface area contributed by atoms with Gasteiger partial charge in [-0.05, 0) is 66.7 Å². The highest BCUT2D eigenvalue weighted by Crippen LogP contribution is 2.23. The summed E-state index contributed by atoms with van der Waals surface area (Å²) in [5, 5.41) is 20.0. The highest BCUT2D eigenvalue weighted by atomic mass is 32.1. The maximum Gasteiger partial charge on any atom is 0.291 e. The molecule has 1 heterocycles. The SMILES string of the molecule is Cc1cc(NC(=S)NC(=O)/C=C/c2cccc([N+](=O)[O-])c2)ccc1NC(=O)c1cc2ccccc2o1. The summed E-state index contributed by atoms with van der Waals surface area (Å²) in [4.78, 5) is 35.1. The molecule has 180 valence electrons. The Kier molecular flexibility index (Phi) is 7.17. The first-order valence-electron chi connectivity index (χ1n) is 10.7. The third-order valence-electron chi connectivity index (χ3n) is 5.13. The summed E-state index contributed by atoms with van der Waals surface area (Å²) < 4.78 is 5.60. The molecule has 36 heavy (non-hydrogen) atoms. The lowest BCUT2D eigenvalue weighted by atomic mass is 10.1. The van der Waals surface area contributed by atoms with Crippen LogP contribution in [0.1, 0.15) is 21.7 Å². The predicted octanol–water partition coefficient (Wildman–Crippen LogP) is 5.43. The van der Waals surface area contributed by atoms with Gasteiger partial charge in [0.15, 0.2) is 10.9 Å². The van der Waals surface area contributed by atoms with Gasteiger partial charge in [-0.1, -0.05) is 30.3 Å². The Balaban J connectivity index is 1.33. The van der Waals surface area contributed by atoms with E-state index in [1.807, 2.05) is 25.1 Å². The van der Waals surface area contributed by atoms with Crippen molar-refractivity contribution in [2.45, 2.75) is 6.92 Å². The molecule has 10 heteroatoms. The van der Waals surface area contributed by atoms with Crippen molar-refractivity contribution in [1.82, 2.24) is 5.32 Å². The summed E-state index contributed by atoms with van der Waals surface area (Å²) in [5.41, 5.74) is 3.05. The van der Waals surface area contributed by atoms with Crippen LogP contribution in [0, 0.1) is 17.0 Å². The number of para-hydroxylation sites is 1. The van der Waals surface area contributed by atoms with Crippen LogP contribution in [-0.4, -0.2) is 21.9 Å². The van der Waals surface area contributed by atoms with Gasteiger partial charge in [-0.15, -0.1) is 0 Å². The van der Waals surface area contributed by atoms with Gasteiger partial charge in [-0.2, -0.15) is 0 Å². The third-order valence-corrected chi connectivity index (χ3v) is 5.33. The number of hydrogen-bond acceptors (Lipinski definition) is 6. The molecule has 4 rings (SSSR count). The van der Waals surface area contributed by atoms with Gasteiger partial charge < -0.3 is 15.1 Å². The predicted molar refractivity (Wildman–Crippen MR) is 142 cm³/mol. The number of furan rings is 1. The van der Waals surface area contributed by atoms with Gasteiger partial charge in [0.25, 0.3) is 11.6 Å². The molecule has 0 saturated carbocycles. The van der Waals surface area contributed by atoms with Crippen molar-refractivity contribution in [3.63, 3.8) is 0 Å². The van der Waals surface area contributed by atoms with E-state index in [2.05, 4.69) is 16.0 Å². The Hall–Kier alpha value is -4.83. The number of anilines is 2. The number of amides is 2. The Morgan fingerprint density at radius 2 is 1.81 bits per heavy atom. The molecular weight excluding hydrogens is 480 g/mol. The van der Waals surface area contributed by atoms with Crippen molar-refractivity contribution >= 4 is 63.3 Å². The van der Waals surface area contributed by atoms with E-state index in [0.29, 0.717) is 22.5 Å². The number of hydrogen-bond donors (Lipinski definition) is 3. The fourth-order valence-electron chi connectivity index (χ4n) is 3.39. The summed E-state index contributed by atoms with van der Waals surface area (Å²) >= 11 is 5.19. The number of nitro groups is 1. The van der Waals surface area contributed by atoms with Crippen molar-refractivity contribution in [1.29, 1.82) is 0 Å². The second-order valence-corrected chi connectivity index (χ2v) is 8.17. The highest BCUT2D eigenvalue weighted by Gasteiger charge is 2.14. The molecule has 2 amide bonds. The molecule has 0 unspecified atom stereocenters. The Labute approximate surface area is 211 Å². The second-order valence-electron chi connectivity index (χ2n) is 7.76. The lowest BCUT2D eigenvalue weighted by molar-refractivity contribution is -0.384. The number of nitro benzene ring substituents is 1. The third kappa shape index (κ3) is 5.99. The van der Waals surface area contributed by atoms with Crippen molar-refractivity contribution in [2.24, 2.45) is 0 Å². The van der Waals surface area contributed by atoms with E-state index in [0.717, 1.165) is 10.9 Å². The van der Waals surface area contributed by atoms with Crippen LogP contribution >= 0.6 is 12.2 Å². The van der Waals surface area contributed by atoms with E-state index in [4.69, 9.17) is 16.6 Å². The molecule has 1 aromatic heterocycles. The van der Waals surface area contributed by atoms with Crippen LogP contribution in [0.3, 0.4) is 0 Å². The molecule has 0 aliphatic rings. The second kappa shape index (κ2) is 10.6. The zero-order chi connectivity index (χ0) is 25.7. The van der Waals surface area contributed by atoms with Crippen molar-refractivity contribution in [3.05, 3.63) is 106 Å². The lowest BCUT2D eigenvalue weighted by Gasteiger charge is -2.12. The summed E-state index contributed by atoms with van der Waals surface area (Å²) in [6, 6.07) is 20.2. The summed E-state index contributed by atoms with van der Waals surface area (Å²) in [6.45, 7) is 1.82. The Morgan fingerprint density at radius 3 is 2.56 bits per heavy atom. The first kappa shape index (κ1) is 24.3. The molecular formula is C26H20N4O5S. The average molecular weight is 501 g/mol. The fraction of sp³-hybridized carbons (Fsp3) is 0.0385. The molecule has 0 saturated heterocycles. The molecule has 0 fully saturated rings. The Morgan fingerprint density at radius 1 is 1.00 bits per heavy atom. The fourth-order valence-corrected chi connectivity index (χ4v) is 3.61. The minimum absolute atomic E-state index is 0.0673. The van der Waals surface area contributed by atoms with E-state index >= 15 is 0 Å². The molecule has 0 radical (unpaired) electrons. The van der Waals surface area contributed by atoms with Gasteiger partial charge in [0.1, 0.15) is 5.58 Å². The van der Waals surface area contributed by atoms with Crippen molar-refractivity contribution in [3.8, 4) is 0 Å². The first-order chi connectivity index (χ1) is 17.3. The number of fused-ring (bicyclic) bond motifs is 1. The summed E-state index contributed by atoms with van der Waals surface area (Å²) in [6.07, 6.45) is 2.68. The average Bonchev–Trinajstić information content (AvgIpc) is 3.29. The number of carbonyl (C=O) groups is 2. The molecule has 0 spiro atoms. The number of nitrogens with one attached hydrogen (secondary N) is 3. The zero-order valence-electron chi connectivity index (χ0n) is 19.0. The molecule has 0 bridgehead atoms. The van der Waals surface area contributed by atoms with Gasteiger partial charge in [-0.3, -0.25) is 25.0 Å². The normalized spacial score (nSPS) is 10.8. The van der Waals surface area contributed by atoms with Gasteiger partial charge in [0.05, 0.1) is 4.92 Å². The van der Waals surface area contributed by atoms with E-state index in [9.17, 15) is 19.7 Å². The topological polar surface area (TPSA) is 127 Å². The van der Waals surface area contributed by atoms with Crippen LogP contribution in [0.25, 0.3) is 17.0 Å². The first-order valence-corrected chi connectivity index (χ1v) is 11.1. The number of carbonyl (C=O) groups excluding carboxylic acids is 2. The maximum atomic E-state index is 12.6. The van der Waals surface area contributed by atoms with Gasteiger partial charge in [0, 0.05) is 35.0 Å². The minimum Gasteiger partial charge on any atom is -0.451 e. The molecule has 3 aromatic carbocycles. The van der Waals surface area contributed by atoms with Crippen LogP contribution in [-0.2, 0) is 4.79 Å². The molecule has 3 N–H and O–H groups in total. The highest BCUT2D eigenvalue weighted by molar-refractivity contribution is 7.80. The molecule has 9 nitrogen and oxygen atoms in total. The largest absolute Gasteiger partial charge is 0.451 e. The van der Waals surface area contributed by atoms with E-state index < -0.39 is 10.8 Å². The number of non-ortho nitro benzene ring substituents is 1. The number of nitrogens with zero attached hydrogens (tertiary/aromatic N) is 1. The van der Waals surface area contributed by atoms with Crippen LogP contribution in [0.4, 0.5) is 17.1 Å². The maximum absolute atomic E-state index is 12.6. The van der Waals surface area contributed by atoms with Crippen LogP contribution < -0.4 is 16.0 Å². The van der Waals surface area contributed by atoms with E-state index in [-0.39, 0.29) is 22.5 Å². The molecule has 0 aliphatic heterocycles. The summed E-state index contributed by atoms with van der Waals surface area (Å²) in [7, 11) is 0. The Bertz CT molecular complexity index is 1490. The molecule has 0 atom stereocenters.